The molecule has 0 aromatic heterocycles. The number of rotatable bonds is 5. The van der Waals surface area contributed by atoms with Crippen molar-refractivity contribution < 1.29 is 4.39 Å². The van der Waals surface area contributed by atoms with Gasteiger partial charge in [-0.25, -0.2) is 4.39 Å². The first-order chi connectivity index (χ1) is 9.61. The molecule has 0 fully saturated rings. The SMILES string of the molecule is Cc1ccc(C)c(N(CCN)Cc2ccccc2F)c1. The van der Waals surface area contributed by atoms with Crippen LogP contribution in [0.4, 0.5) is 10.1 Å². The molecule has 0 aliphatic rings. The molecule has 2 aromatic rings. The van der Waals surface area contributed by atoms with E-state index in [0.29, 0.717) is 25.2 Å². The summed E-state index contributed by atoms with van der Waals surface area (Å²) in [6.45, 7) is 5.92. The van der Waals surface area contributed by atoms with Crippen LogP contribution < -0.4 is 10.6 Å². The minimum Gasteiger partial charge on any atom is -0.366 e. The van der Waals surface area contributed by atoms with Crippen molar-refractivity contribution in [2.45, 2.75) is 20.4 Å². The van der Waals surface area contributed by atoms with Gasteiger partial charge >= 0.3 is 0 Å². The van der Waals surface area contributed by atoms with Gasteiger partial charge in [0, 0.05) is 30.9 Å². The molecule has 0 unspecified atom stereocenters. The number of hydrogen-bond donors (Lipinski definition) is 1. The van der Waals surface area contributed by atoms with Crippen LogP contribution in [0.2, 0.25) is 0 Å². The van der Waals surface area contributed by atoms with Crippen LogP contribution in [0.25, 0.3) is 0 Å². The number of aryl methyl sites for hydroxylation is 2. The highest BCUT2D eigenvalue weighted by atomic mass is 19.1. The van der Waals surface area contributed by atoms with Crippen molar-refractivity contribution in [3.63, 3.8) is 0 Å². The van der Waals surface area contributed by atoms with E-state index in [2.05, 4.69) is 36.9 Å². The van der Waals surface area contributed by atoms with Crippen LogP contribution in [0.15, 0.2) is 42.5 Å². The maximum absolute atomic E-state index is 13.8. The first-order valence-corrected chi connectivity index (χ1v) is 6.87. The fourth-order valence-electron chi connectivity index (χ4n) is 2.33. The smallest absolute Gasteiger partial charge is 0.128 e. The molecule has 20 heavy (non-hydrogen) atoms. The first-order valence-electron chi connectivity index (χ1n) is 6.87. The molecule has 0 aliphatic heterocycles. The highest BCUT2D eigenvalue weighted by Crippen LogP contribution is 2.23. The van der Waals surface area contributed by atoms with Gasteiger partial charge in [-0.3, -0.25) is 0 Å². The second-order valence-electron chi connectivity index (χ2n) is 5.09. The van der Waals surface area contributed by atoms with Gasteiger partial charge in [0.1, 0.15) is 5.82 Å². The van der Waals surface area contributed by atoms with Crippen LogP contribution in [0.5, 0.6) is 0 Å². The van der Waals surface area contributed by atoms with Crippen molar-refractivity contribution in [2.75, 3.05) is 18.0 Å². The molecule has 106 valence electrons. The van der Waals surface area contributed by atoms with Gasteiger partial charge in [0.05, 0.1) is 0 Å². The zero-order valence-corrected chi connectivity index (χ0v) is 12.1. The molecule has 3 heteroatoms. The van der Waals surface area contributed by atoms with Crippen LogP contribution in [0.3, 0.4) is 0 Å². The molecule has 0 aliphatic carbocycles. The van der Waals surface area contributed by atoms with E-state index < -0.39 is 0 Å². The minimum atomic E-state index is -0.167. The molecule has 0 atom stereocenters. The largest absolute Gasteiger partial charge is 0.366 e. The third-order valence-electron chi connectivity index (χ3n) is 3.42. The molecular weight excluding hydrogens is 251 g/mol. The maximum atomic E-state index is 13.8. The number of halogens is 1. The summed E-state index contributed by atoms with van der Waals surface area (Å²) in [7, 11) is 0. The summed E-state index contributed by atoms with van der Waals surface area (Å²) in [6, 6.07) is 13.2. The standard InChI is InChI=1S/C17H21FN2/c1-13-7-8-14(2)17(11-13)20(10-9-19)12-15-5-3-4-6-16(15)18/h3-8,11H,9-10,12,19H2,1-2H3. The van der Waals surface area contributed by atoms with E-state index >= 15 is 0 Å². The number of nitrogens with two attached hydrogens (primary N) is 1. The Hall–Kier alpha value is -1.87. The molecule has 2 N–H and O–H groups in total. The van der Waals surface area contributed by atoms with E-state index in [9.17, 15) is 4.39 Å². The molecule has 2 nitrogen and oxygen atoms in total. The number of nitrogens with zero attached hydrogens (tertiary/aromatic N) is 1. The molecule has 0 saturated heterocycles. The van der Waals surface area contributed by atoms with E-state index in [1.54, 1.807) is 6.07 Å². The van der Waals surface area contributed by atoms with Crippen molar-refractivity contribution in [1.82, 2.24) is 0 Å². The number of benzene rings is 2. The second kappa shape index (κ2) is 6.53. The minimum absolute atomic E-state index is 0.167. The third-order valence-corrected chi connectivity index (χ3v) is 3.42. The van der Waals surface area contributed by atoms with Gasteiger partial charge in [0.15, 0.2) is 0 Å². The summed E-state index contributed by atoms with van der Waals surface area (Å²) in [5.74, 6) is -0.167. The Balaban J connectivity index is 2.32. The Labute approximate surface area is 120 Å². The number of anilines is 1. The molecule has 0 bridgehead atoms. The van der Waals surface area contributed by atoms with Gasteiger partial charge < -0.3 is 10.6 Å². The van der Waals surface area contributed by atoms with Gasteiger partial charge in [0.2, 0.25) is 0 Å². The lowest BCUT2D eigenvalue weighted by Gasteiger charge is -2.26. The van der Waals surface area contributed by atoms with E-state index in [1.807, 2.05) is 12.1 Å². The predicted octanol–water partition coefficient (Wildman–Crippen LogP) is 3.41. The Morgan fingerprint density at radius 1 is 1.10 bits per heavy atom. The van der Waals surface area contributed by atoms with Gasteiger partial charge in [-0.1, -0.05) is 30.3 Å². The lowest BCUT2D eigenvalue weighted by atomic mass is 10.1. The summed E-state index contributed by atoms with van der Waals surface area (Å²) in [5.41, 5.74) is 9.91. The summed E-state index contributed by atoms with van der Waals surface area (Å²) in [6.07, 6.45) is 0. The summed E-state index contributed by atoms with van der Waals surface area (Å²) in [4.78, 5) is 2.14. The zero-order chi connectivity index (χ0) is 14.5. The van der Waals surface area contributed by atoms with Gasteiger partial charge in [-0.05, 0) is 37.1 Å². The van der Waals surface area contributed by atoms with Crippen molar-refractivity contribution in [2.24, 2.45) is 5.73 Å². The summed E-state index contributed by atoms with van der Waals surface area (Å²) in [5, 5.41) is 0. The van der Waals surface area contributed by atoms with Crippen molar-refractivity contribution >= 4 is 5.69 Å². The van der Waals surface area contributed by atoms with Crippen LogP contribution >= 0.6 is 0 Å². The van der Waals surface area contributed by atoms with Crippen molar-refractivity contribution in [3.05, 3.63) is 65.0 Å². The first kappa shape index (κ1) is 14.5. The number of hydrogen-bond acceptors (Lipinski definition) is 2. The summed E-state index contributed by atoms with van der Waals surface area (Å²) >= 11 is 0. The fraction of sp³-hybridized carbons (Fsp3) is 0.294. The Morgan fingerprint density at radius 3 is 2.55 bits per heavy atom. The van der Waals surface area contributed by atoms with Crippen molar-refractivity contribution in [3.8, 4) is 0 Å². The lowest BCUT2D eigenvalue weighted by molar-refractivity contribution is 0.604. The van der Waals surface area contributed by atoms with E-state index in [1.165, 1.54) is 17.2 Å². The van der Waals surface area contributed by atoms with Crippen LogP contribution in [-0.4, -0.2) is 13.1 Å². The quantitative estimate of drug-likeness (QED) is 0.903. The maximum Gasteiger partial charge on any atom is 0.128 e. The van der Waals surface area contributed by atoms with Crippen LogP contribution in [-0.2, 0) is 6.54 Å². The van der Waals surface area contributed by atoms with E-state index in [-0.39, 0.29) is 5.82 Å². The predicted molar refractivity (Wildman–Crippen MR) is 82.4 cm³/mol. The zero-order valence-electron chi connectivity index (χ0n) is 12.1. The molecule has 0 saturated carbocycles. The highest BCUT2D eigenvalue weighted by molar-refractivity contribution is 5.55. The van der Waals surface area contributed by atoms with Crippen LogP contribution in [0, 0.1) is 19.7 Å². The highest BCUT2D eigenvalue weighted by Gasteiger charge is 2.11. The Kier molecular flexibility index (Phi) is 4.74. The molecule has 0 heterocycles. The molecule has 0 spiro atoms. The van der Waals surface area contributed by atoms with Gasteiger partial charge in [-0.15, -0.1) is 0 Å². The van der Waals surface area contributed by atoms with Gasteiger partial charge in [0.25, 0.3) is 0 Å². The molecule has 2 rings (SSSR count). The molecule has 0 radical (unpaired) electrons. The van der Waals surface area contributed by atoms with Gasteiger partial charge in [-0.2, -0.15) is 0 Å². The summed E-state index contributed by atoms with van der Waals surface area (Å²) < 4.78 is 13.8. The average molecular weight is 272 g/mol. The van der Waals surface area contributed by atoms with E-state index in [0.717, 1.165) is 5.69 Å². The van der Waals surface area contributed by atoms with Crippen LogP contribution in [0.1, 0.15) is 16.7 Å². The molecule has 0 amide bonds. The molecular formula is C17H21FN2. The second-order valence-corrected chi connectivity index (χ2v) is 5.09. The molecule has 2 aromatic carbocycles. The van der Waals surface area contributed by atoms with E-state index in [4.69, 9.17) is 5.73 Å². The monoisotopic (exact) mass is 272 g/mol. The Morgan fingerprint density at radius 2 is 1.85 bits per heavy atom. The third kappa shape index (κ3) is 3.36. The Bertz CT molecular complexity index is 581. The lowest BCUT2D eigenvalue weighted by Crippen LogP contribution is -2.30. The fourth-order valence-corrected chi connectivity index (χ4v) is 2.33. The van der Waals surface area contributed by atoms with Crippen molar-refractivity contribution in [1.29, 1.82) is 0 Å². The normalized spacial score (nSPS) is 10.6. The topological polar surface area (TPSA) is 29.3 Å². The average Bonchev–Trinajstić information content (AvgIpc) is 2.43.